The molecule has 6 rings (SSSR count). The van der Waals surface area contributed by atoms with Gasteiger partial charge in [-0.1, -0.05) is 96.8 Å². The molecule has 2 heterocycles. The molecule has 2 amide bonds. The molecule has 0 bridgehead atoms. The minimum absolute atomic E-state index is 0.0229. The number of hydrogen-bond acceptors (Lipinski definition) is 6. The van der Waals surface area contributed by atoms with Crippen LogP contribution in [0.15, 0.2) is 116 Å². The number of benzene rings is 4. The van der Waals surface area contributed by atoms with Gasteiger partial charge in [0.15, 0.2) is 0 Å². The van der Waals surface area contributed by atoms with Crippen molar-refractivity contribution in [2.75, 3.05) is 6.54 Å². The minimum atomic E-state index is -0.153. The number of hydrogen-bond donors (Lipinski definition) is 0. The van der Waals surface area contributed by atoms with E-state index in [-0.39, 0.29) is 24.7 Å². The number of rotatable bonds is 11. The van der Waals surface area contributed by atoms with E-state index in [4.69, 9.17) is 9.47 Å². The monoisotopic (exact) mass is 636 g/mol. The summed E-state index contributed by atoms with van der Waals surface area (Å²) in [6.07, 6.45) is 2.27. The van der Waals surface area contributed by atoms with E-state index in [1.807, 2.05) is 116 Å². The van der Waals surface area contributed by atoms with Crippen molar-refractivity contribution in [3.63, 3.8) is 0 Å². The van der Waals surface area contributed by atoms with Crippen LogP contribution in [0.1, 0.15) is 63.8 Å². The molecule has 48 heavy (non-hydrogen) atoms. The maximum Gasteiger partial charge on any atom is 0.321 e. The zero-order chi connectivity index (χ0) is 33.3. The third kappa shape index (κ3) is 7.71. The largest absolute Gasteiger partial charge is 0.482 e. The lowest BCUT2D eigenvalue weighted by Gasteiger charge is -2.27. The van der Waals surface area contributed by atoms with Gasteiger partial charge in [-0.2, -0.15) is 4.98 Å². The summed E-state index contributed by atoms with van der Waals surface area (Å²) in [6.45, 7) is 5.39. The summed E-state index contributed by atoms with van der Waals surface area (Å²) < 4.78 is 12.5. The van der Waals surface area contributed by atoms with Crippen LogP contribution in [0, 0.1) is 11.8 Å². The molecule has 1 unspecified atom stereocenters. The van der Waals surface area contributed by atoms with Crippen molar-refractivity contribution < 1.29 is 19.1 Å². The third-order valence-electron chi connectivity index (χ3n) is 8.10. The fourth-order valence-corrected chi connectivity index (χ4v) is 5.62. The second-order valence-corrected chi connectivity index (χ2v) is 11.8. The Bertz CT molecular complexity index is 1900. The van der Waals surface area contributed by atoms with Gasteiger partial charge in [0.1, 0.15) is 31.5 Å². The van der Waals surface area contributed by atoms with Gasteiger partial charge in [-0.25, -0.2) is 9.78 Å². The number of ether oxygens (including phenoxy) is 2. The number of carbonyl (C=O) groups is 2. The third-order valence-corrected chi connectivity index (χ3v) is 8.10. The second kappa shape index (κ2) is 15.1. The van der Waals surface area contributed by atoms with Crippen LogP contribution in [0.2, 0.25) is 0 Å². The van der Waals surface area contributed by atoms with Gasteiger partial charge >= 0.3 is 6.03 Å². The van der Waals surface area contributed by atoms with Gasteiger partial charge in [-0.3, -0.25) is 4.79 Å². The van der Waals surface area contributed by atoms with Gasteiger partial charge < -0.3 is 19.3 Å². The summed E-state index contributed by atoms with van der Waals surface area (Å²) in [4.78, 5) is 37.5. The molecule has 8 heteroatoms. The average molecular weight is 637 g/mol. The molecule has 1 aromatic heterocycles. The van der Waals surface area contributed by atoms with Gasteiger partial charge in [0, 0.05) is 29.3 Å². The van der Waals surface area contributed by atoms with Crippen LogP contribution in [-0.2, 0) is 19.8 Å². The normalized spacial score (nSPS) is 14.1. The van der Waals surface area contributed by atoms with E-state index in [9.17, 15) is 9.59 Å². The molecule has 1 aliphatic heterocycles. The molecule has 1 aliphatic rings. The summed E-state index contributed by atoms with van der Waals surface area (Å²) >= 11 is 0. The fourth-order valence-electron chi connectivity index (χ4n) is 5.62. The highest BCUT2D eigenvalue weighted by Gasteiger charge is 2.40. The first-order valence-corrected chi connectivity index (χ1v) is 15.9. The van der Waals surface area contributed by atoms with E-state index in [2.05, 4.69) is 21.8 Å². The van der Waals surface area contributed by atoms with Gasteiger partial charge in [0.25, 0.3) is 5.88 Å². The number of urea groups is 1. The Morgan fingerprint density at radius 3 is 1.96 bits per heavy atom. The van der Waals surface area contributed by atoms with E-state index in [1.54, 1.807) is 17.0 Å². The lowest BCUT2D eigenvalue weighted by atomic mass is 10.0. The first kappa shape index (κ1) is 32.0. The number of amides is 2. The molecule has 4 aromatic carbocycles. The first-order chi connectivity index (χ1) is 23.5. The summed E-state index contributed by atoms with van der Waals surface area (Å²) in [6, 6.07) is 34.7. The lowest BCUT2D eigenvalue weighted by molar-refractivity contribution is 0.112. The second-order valence-electron chi connectivity index (χ2n) is 11.8. The van der Waals surface area contributed by atoms with E-state index in [0.29, 0.717) is 42.6 Å². The van der Waals surface area contributed by atoms with Crippen molar-refractivity contribution >= 4 is 12.3 Å². The predicted molar refractivity (Wildman–Crippen MR) is 183 cm³/mol. The standard InChI is InChI=1S/C40H36N4O4/c1-29(2)44-37(35-21-19-31(20-22-35)14-13-30-15-17-32(25-45)18-16-30)24-43(40(44)46)23-36-38(47-26-33-9-5-3-6-10-33)39(42-28-41-36)48-27-34-11-7-4-8-12-34/h3-12,15-22,25,28-29,37H,23-24,26-27H2,1-2H3. The average Bonchev–Trinajstić information content (AvgIpc) is 3.46. The highest BCUT2D eigenvalue weighted by molar-refractivity contribution is 5.78. The molecular formula is C40H36N4O4. The number of aromatic nitrogens is 2. The highest BCUT2D eigenvalue weighted by Crippen LogP contribution is 2.35. The van der Waals surface area contributed by atoms with Crippen LogP contribution in [0.4, 0.5) is 4.79 Å². The molecule has 5 aromatic rings. The van der Waals surface area contributed by atoms with Crippen LogP contribution in [0.3, 0.4) is 0 Å². The summed E-state index contributed by atoms with van der Waals surface area (Å²) in [5.74, 6) is 7.09. The predicted octanol–water partition coefficient (Wildman–Crippen LogP) is 7.23. The van der Waals surface area contributed by atoms with Gasteiger partial charge in [0.2, 0.25) is 5.75 Å². The van der Waals surface area contributed by atoms with E-state index < -0.39 is 0 Å². The van der Waals surface area contributed by atoms with Gasteiger partial charge in [0.05, 0.1) is 12.6 Å². The van der Waals surface area contributed by atoms with Crippen molar-refractivity contribution in [1.82, 2.24) is 19.8 Å². The molecule has 0 radical (unpaired) electrons. The van der Waals surface area contributed by atoms with Crippen molar-refractivity contribution in [2.45, 2.75) is 45.7 Å². The van der Waals surface area contributed by atoms with Crippen molar-refractivity contribution in [1.29, 1.82) is 0 Å². The Morgan fingerprint density at radius 2 is 1.38 bits per heavy atom. The number of carbonyl (C=O) groups excluding carboxylic acids is 2. The van der Waals surface area contributed by atoms with Crippen LogP contribution in [0.25, 0.3) is 0 Å². The van der Waals surface area contributed by atoms with Crippen LogP contribution >= 0.6 is 0 Å². The number of aldehydes is 1. The lowest BCUT2D eigenvalue weighted by Crippen LogP contribution is -2.37. The zero-order valence-corrected chi connectivity index (χ0v) is 27.0. The molecule has 0 N–H and O–H groups in total. The Labute approximate surface area is 281 Å². The maximum atomic E-state index is 13.9. The topological polar surface area (TPSA) is 84.9 Å². The van der Waals surface area contributed by atoms with E-state index in [1.165, 1.54) is 6.33 Å². The summed E-state index contributed by atoms with van der Waals surface area (Å²) in [7, 11) is 0. The van der Waals surface area contributed by atoms with Crippen LogP contribution < -0.4 is 9.47 Å². The van der Waals surface area contributed by atoms with Gasteiger partial charge in [-0.15, -0.1) is 0 Å². The molecule has 0 spiro atoms. The van der Waals surface area contributed by atoms with E-state index in [0.717, 1.165) is 34.1 Å². The Kier molecular flexibility index (Phi) is 10.1. The van der Waals surface area contributed by atoms with Gasteiger partial charge in [-0.05, 0) is 54.8 Å². The SMILES string of the molecule is CC(C)N1C(=O)N(Cc2ncnc(OCc3ccccc3)c2OCc2ccccc2)CC1c1ccc(C#Cc2ccc(C=O)cc2)cc1. The Morgan fingerprint density at radius 1 is 0.792 bits per heavy atom. The highest BCUT2D eigenvalue weighted by atomic mass is 16.5. The van der Waals surface area contributed by atoms with Crippen LogP contribution in [-0.4, -0.2) is 44.7 Å². The molecule has 240 valence electrons. The molecular weight excluding hydrogens is 600 g/mol. The summed E-state index contributed by atoms with van der Waals surface area (Å²) in [5.41, 5.74) is 5.91. The molecule has 1 saturated heterocycles. The summed E-state index contributed by atoms with van der Waals surface area (Å²) in [5, 5.41) is 0. The Hall–Kier alpha value is -5.94. The molecule has 8 nitrogen and oxygen atoms in total. The molecule has 0 saturated carbocycles. The first-order valence-electron chi connectivity index (χ1n) is 15.9. The molecule has 1 fully saturated rings. The fraction of sp³-hybridized carbons (Fsp3) is 0.200. The minimum Gasteiger partial charge on any atom is -0.482 e. The van der Waals surface area contributed by atoms with Crippen molar-refractivity contribution in [3.8, 4) is 23.5 Å². The van der Waals surface area contributed by atoms with Crippen molar-refractivity contribution in [3.05, 3.63) is 155 Å². The Balaban J connectivity index is 1.22. The molecule has 1 atom stereocenters. The quantitative estimate of drug-likeness (QED) is 0.112. The van der Waals surface area contributed by atoms with Crippen LogP contribution in [0.5, 0.6) is 11.6 Å². The zero-order valence-electron chi connectivity index (χ0n) is 27.0. The molecule has 0 aliphatic carbocycles. The smallest absolute Gasteiger partial charge is 0.321 e. The van der Waals surface area contributed by atoms with Crippen molar-refractivity contribution in [2.24, 2.45) is 0 Å². The maximum absolute atomic E-state index is 13.9. The number of nitrogens with zero attached hydrogens (tertiary/aromatic N) is 4. The van der Waals surface area contributed by atoms with E-state index >= 15 is 0 Å².